The highest BCUT2D eigenvalue weighted by molar-refractivity contribution is 5.95. The SMILES string of the molecule is COc1cc(C(=O)NC(C)C2CCCC2)ccc1N. The van der Waals surface area contributed by atoms with Gasteiger partial charge in [-0.2, -0.15) is 0 Å². The maximum atomic E-state index is 12.2. The van der Waals surface area contributed by atoms with Crippen LogP contribution in [0.4, 0.5) is 5.69 Å². The van der Waals surface area contributed by atoms with Crippen molar-refractivity contribution >= 4 is 11.6 Å². The molecule has 1 aliphatic carbocycles. The molecule has 1 unspecified atom stereocenters. The Morgan fingerprint density at radius 1 is 1.42 bits per heavy atom. The van der Waals surface area contributed by atoms with Crippen LogP contribution in [0.15, 0.2) is 18.2 Å². The van der Waals surface area contributed by atoms with E-state index in [1.54, 1.807) is 25.3 Å². The van der Waals surface area contributed by atoms with E-state index in [9.17, 15) is 4.79 Å². The third-order valence-electron chi connectivity index (χ3n) is 3.96. The van der Waals surface area contributed by atoms with Crippen LogP contribution in [0.3, 0.4) is 0 Å². The van der Waals surface area contributed by atoms with Gasteiger partial charge in [0.2, 0.25) is 0 Å². The van der Waals surface area contributed by atoms with Crippen molar-refractivity contribution in [1.29, 1.82) is 0 Å². The number of benzene rings is 1. The number of methoxy groups -OCH3 is 1. The van der Waals surface area contributed by atoms with E-state index in [1.807, 2.05) is 0 Å². The maximum Gasteiger partial charge on any atom is 0.251 e. The molecule has 1 aromatic carbocycles. The van der Waals surface area contributed by atoms with Gasteiger partial charge in [-0.3, -0.25) is 4.79 Å². The van der Waals surface area contributed by atoms with Gasteiger partial charge in [-0.1, -0.05) is 12.8 Å². The smallest absolute Gasteiger partial charge is 0.251 e. The molecule has 0 saturated heterocycles. The van der Waals surface area contributed by atoms with Gasteiger partial charge in [0.05, 0.1) is 12.8 Å². The van der Waals surface area contributed by atoms with Crippen molar-refractivity contribution in [3.63, 3.8) is 0 Å². The van der Waals surface area contributed by atoms with E-state index < -0.39 is 0 Å². The van der Waals surface area contributed by atoms with Gasteiger partial charge < -0.3 is 15.8 Å². The minimum absolute atomic E-state index is 0.0577. The summed E-state index contributed by atoms with van der Waals surface area (Å²) in [7, 11) is 1.55. The summed E-state index contributed by atoms with van der Waals surface area (Å²) in [6.45, 7) is 2.09. The molecule has 1 aromatic rings. The van der Waals surface area contributed by atoms with Crippen molar-refractivity contribution < 1.29 is 9.53 Å². The van der Waals surface area contributed by atoms with Crippen LogP contribution in [-0.4, -0.2) is 19.1 Å². The molecule has 1 amide bonds. The Balaban J connectivity index is 2.02. The molecule has 0 heterocycles. The van der Waals surface area contributed by atoms with E-state index in [0.29, 0.717) is 22.9 Å². The van der Waals surface area contributed by atoms with Gasteiger partial charge >= 0.3 is 0 Å². The number of nitrogens with one attached hydrogen (secondary N) is 1. The summed E-state index contributed by atoms with van der Waals surface area (Å²) in [5.74, 6) is 1.10. The Kier molecular flexibility index (Phi) is 4.30. The fourth-order valence-electron chi connectivity index (χ4n) is 2.72. The number of amides is 1. The molecule has 0 bridgehead atoms. The Bertz CT molecular complexity index is 453. The Morgan fingerprint density at radius 3 is 2.74 bits per heavy atom. The molecular formula is C15H22N2O2. The van der Waals surface area contributed by atoms with E-state index in [2.05, 4.69) is 12.2 Å². The molecule has 1 atom stereocenters. The number of hydrogen-bond acceptors (Lipinski definition) is 3. The lowest BCUT2D eigenvalue weighted by atomic mass is 9.99. The lowest BCUT2D eigenvalue weighted by Gasteiger charge is -2.20. The second kappa shape index (κ2) is 5.95. The molecule has 2 rings (SSSR count). The lowest BCUT2D eigenvalue weighted by Crippen LogP contribution is -2.37. The minimum Gasteiger partial charge on any atom is -0.495 e. The van der Waals surface area contributed by atoms with Crippen molar-refractivity contribution in [2.24, 2.45) is 5.92 Å². The third-order valence-corrected chi connectivity index (χ3v) is 3.96. The largest absolute Gasteiger partial charge is 0.495 e. The zero-order valence-corrected chi connectivity index (χ0v) is 11.6. The van der Waals surface area contributed by atoms with Gasteiger partial charge in [-0.15, -0.1) is 0 Å². The van der Waals surface area contributed by atoms with Crippen molar-refractivity contribution in [3.05, 3.63) is 23.8 Å². The minimum atomic E-state index is -0.0577. The maximum absolute atomic E-state index is 12.2. The number of carbonyl (C=O) groups is 1. The average Bonchev–Trinajstić information content (AvgIpc) is 2.93. The van der Waals surface area contributed by atoms with Crippen molar-refractivity contribution in [1.82, 2.24) is 5.32 Å². The molecule has 0 spiro atoms. The van der Waals surface area contributed by atoms with Gasteiger partial charge in [-0.05, 0) is 43.9 Å². The normalized spacial score (nSPS) is 17.2. The van der Waals surface area contributed by atoms with Crippen LogP contribution in [0.5, 0.6) is 5.75 Å². The number of nitrogens with two attached hydrogens (primary N) is 1. The first kappa shape index (κ1) is 13.7. The highest BCUT2D eigenvalue weighted by Crippen LogP contribution is 2.28. The summed E-state index contributed by atoms with van der Waals surface area (Å²) in [4.78, 5) is 12.2. The first-order valence-electron chi connectivity index (χ1n) is 6.86. The zero-order valence-electron chi connectivity index (χ0n) is 11.6. The summed E-state index contributed by atoms with van der Waals surface area (Å²) in [6.07, 6.45) is 4.99. The van der Waals surface area contributed by atoms with Crippen LogP contribution < -0.4 is 15.8 Å². The number of rotatable bonds is 4. The summed E-state index contributed by atoms with van der Waals surface area (Å²) >= 11 is 0. The van der Waals surface area contributed by atoms with Crippen LogP contribution in [0.1, 0.15) is 43.0 Å². The quantitative estimate of drug-likeness (QED) is 0.820. The first-order chi connectivity index (χ1) is 9.11. The number of carbonyl (C=O) groups excluding carboxylic acids is 1. The molecular weight excluding hydrogens is 240 g/mol. The molecule has 104 valence electrons. The van der Waals surface area contributed by atoms with E-state index in [4.69, 9.17) is 10.5 Å². The molecule has 0 aliphatic heterocycles. The van der Waals surface area contributed by atoms with Crippen LogP contribution >= 0.6 is 0 Å². The second-order valence-electron chi connectivity index (χ2n) is 5.26. The van der Waals surface area contributed by atoms with Crippen molar-refractivity contribution in [2.45, 2.75) is 38.6 Å². The Morgan fingerprint density at radius 2 is 2.11 bits per heavy atom. The van der Waals surface area contributed by atoms with E-state index in [-0.39, 0.29) is 11.9 Å². The van der Waals surface area contributed by atoms with Crippen molar-refractivity contribution in [3.8, 4) is 5.75 Å². The summed E-state index contributed by atoms with van der Waals surface area (Å²) in [6, 6.07) is 5.34. The van der Waals surface area contributed by atoms with Gasteiger partial charge in [0, 0.05) is 11.6 Å². The Hall–Kier alpha value is -1.71. The summed E-state index contributed by atoms with van der Waals surface area (Å²) in [5.41, 5.74) is 6.88. The number of anilines is 1. The van der Waals surface area contributed by atoms with Gasteiger partial charge in [0.15, 0.2) is 0 Å². The summed E-state index contributed by atoms with van der Waals surface area (Å²) < 4.78 is 5.14. The fourth-order valence-corrected chi connectivity index (χ4v) is 2.72. The van der Waals surface area contributed by atoms with Crippen LogP contribution in [0, 0.1) is 5.92 Å². The topological polar surface area (TPSA) is 64.3 Å². The Labute approximate surface area is 114 Å². The van der Waals surface area contributed by atoms with Gasteiger partial charge in [0.25, 0.3) is 5.91 Å². The van der Waals surface area contributed by atoms with Crippen LogP contribution in [0.25, 0.3) is 0 Å². The monoisotopic (exact) mass is 262 g/mol. The highest BCUT2D eigenvalue weighted by Gasteiger charge is 2.23. The summed E-state index contributed by atoms with van der Waals surface area (Å²) in [5, 5.41) is 3.07. The third kappa shape index (κ3) is 3.19. The van der Waals surface area contributed by atoms with Crippen LogP contribution in [-0.2, 0) is 0 Å². The molecule has 19 heavy (non-hydrogen) atoms. The molecule has 4 nitrogen and oxygen atoms in total. The number of hydrogen-bond donors (Lipinski definition) is 2. The molecule has 0 aromatic heterocycles. The average molecular weight is 262 g/mol. The lowest BCUT2D eigenvalue weighted by molar-refractivity contribution is 0.0927. The number of ether oxygens (including phenoxy) is 1. The predicted octanol–water partition coefficient (Wildman–Crippen LogP) is 2.59. The van der Waals surface area contributed by atoms with Gasteiger partial charge in [0.1, 0.15) is 5.75 Å². The van der Waals surface area contributed by atoms with E-state index in [0.717, 1.165) is 0 Å². The highest BCUT2D eigenvalue weighted by atomic mass is 16.5. The molecule has 0 radical (unpaired) electrons. The first-order valence-corrected chi connectivity index (χ1v) is 6.86. The zero-order chi connectivity index (χ0) is 13.8. The molecule has 4 heteroatoms. The van der Waals surface area contributed by atoms with E-state index >= 15 is 0 Å². The fraction of sp³-hybridized carbons (Fsp3) is 0.533. The number of nitrogen functional groups attached to an aromatic ring is 1. The standard InChI is InChI=1S/C15H22N2O2/c1-10(11-5-3-4-6-11)17-15(18)12-7-8-13(16)14(9-12)19-2/h7-11H,3-6,16H2,1-2H3,(H,17,18). The molecule has 1 aliphatic rings. The predicted molar refractivity (Wildman–Crippen MR) is 76.3 cm³/mol. The van der Waals surface area contributed by atoms with Crippen molar-refractivity contribution in [2.75, 3.05) is 12.8 Å². The molecule has 3 N–H and O–H groups in total. The van der Waals surface area contributed by atoms with E-state index in [1.165, 1.54) is 25.7 Å². The van der Waals surface area contributed by atoms with Gasteiger partial charge in [-0.25, -0.2) is 0 Å². The molecule has 1 fully saturated rings. The van der Waals surface area contributed by atoms with Crippen LogP contribution in [0.2, 0.25) is 0 Å². The second-order valence-corrected chi connectivity index (χ2v) is 5.26. The molecule has 1 saturated carbocycles.